The van der Waals surface area contributed by atoms with E-state index in [4.69, 9.17) is 0 Å². The summed E-state index contributed by atoms with van der Waals surface area (Å²) in [6.45, 7) is 13.1. The Morgan fingerprint density at radius 1 is 1.06 bits per heavy atom. The first-order valence-electron chi connectivity index (χ1n) is 5.91. The van der Waals surface area contributed by atoms with Crippen LogP contribution in [0, 0.1) is 0 Å². The fraction of sp³-hybridized carbons (Fsp3) is 0.176. The molecule has 0 aliphatic heterocycles. The minimum absolute atomic E-state index is 1.12. The highest BCUT2D eigenvalue weighted by Gasteiger charge is 1.79. The summed E-state index contributed by atoms with van der Waals surface area (Å²) in [6.07, 6.45) is 9.92. The molecule has 17 heavy (non-hydrogen) atoms. The number of unbranched alkanes of at least 4 members (excludes halogenated alkanes) is 1. The first kappa shape index (κ1) is 15.2. The summed E-state index contributed by atoms with van der Waals surface area (Å²) in [6, 6.07) is 10.0. The molecule has 1 aromatic rings. The van der Waals surface area contributed by atoms with E-state index < -0.39 is 0 Å². The van der Waals surface area contributed by atoms with Crippen LogP contribution >= 0.6 is 0 Å². The van der Waals surface area contributed by atoms with Crippen molar-refractivity contribution in [3.05, 3.63) is 79.4 Å². The average molecular weight is 226 g/mol. The molecule has 0 nitrogen and oxygen atoms in total. The number of hydrogen-bond donors (Lipinski definition) is 0. The average Bonchev–Trinajstić information content (AvgIpc) is 2.42. The number of hydrogen-bond acceptors (Lipinski definition) is 0. The fourth-order valence-electron chi connectivity index (χ4n) is 1.15. The predicted molar refractivity (Wildman–Crippen MR) is 79.9 cm³/mol. The van der Waals surface area contributed by atoms with Crippen LogP contribution in [0.2, 0.25) is 0 Å². The van der Waals surface area contributed by atoms with E-state index in [0.717, 1.165) is 12.0 Å². The van der Waals surface area contributed by atoms with Crippen molar-refractivity contribution in [2.24, 2.45) is 0 Å². The molecular formula is C17H22. The van der Waals surface area contributed by atoms with Crippen LogP contribution in [0.4, 0.5) is 0 Å². The zero-order valence-corrected chi connectivity index (χ0v) is 10.7. The molecule has 0 bridgehead atoms. The van der Waals surface area contributed by atoms with E-state index >= 15 is 0 Å². The third-order valence-electron chi connectivity index (χ3n) is 2.18. The molecule has 0 heterocycles. The van der Waals surface area contributed by atoms with E-state index in [2.05, 4.69) is 32.7 Å². The van der Waals surface area contributed by atoms with E-state index in [1.165, 1.54) is 12.0 Å². The molecule has 0 radical (unpaired) electrons. The lowest BCUT2D eigenvalue weighted by atomic mass is 10.2. The second-order valence-electron chi connectivity index (χ2n) is 3.52. The highest BCUT2D eigenvalue weighted by Crippen LogP contribution is 2.00. The molecule has 0 atom stereocenters. The zero-order chi connectivity index (χ0) is 12.9. The lowest BCUT2D eigenvalue weighted by molar-refractivity contribution is 0.955. The summed E-state index contributed by atoms with van der Waals surface area (Å²) in [4.78, 5) is 0. The van der Waals surface area contributed by atoms with Crippen LogP contribution in [0.3, 0.4) is 0 Å². The minimum Gasteiger partial charge on any atom is -0.0985 e. The molecule has 0 spiro atoms. The molecule has 0 aliphatic carbocycles. The second-order valence-corrected chi connectivity index (χ2v) is 3.52. The number of allylic oxidation sites excluding steroid dienone is 4. The van der Waals surface area contributed by atoms with Crippen molar-refractivity contribution < 1.29 is 0 Å². The molecule has 0 amide bonds. The van der Waals surface area contributed by atoms with Crippen LogP contribution < -0.4 is 0 Å². The lowest BCUT2D eigenvalue weighted by Gasteiger charge is -1.89. The van der Waals surface area contributed by atoms with Crippen molar-refractivity contribution in [1.82, 2.24) is 0 Å². The summed E-state index contributed by atoms with van der Waals surface area (Å²) in [5.74, 6) is 0. The molecular weight excluding hydrogens is 204 g/mol. The highest BCUT2D eigenvalue weighted by atomic mass is 13.9. The summed E-state index contributed by atoms with van der Waals surface area (Å²) in [5.41, 5.74) is 2.31. The molecule has 0 N–H and O–H groups in total. The molecule has 0 aliphatic rings. The van der Waals surface area contributed by atoms with E-state index in [1.807, 2.05) is 48.6 Å². The van der Waals surface area contributed by atoms with Gasteiger partial charge in [-0.05, 0) is 17.6 Å². The Bertz CT molecular complexity index is 345. The largest absolute Gasteiger partial charge is 0.0985 e. The van der Waals surface area contributed by atoms with Gasteiger partial charge in [0, 0.05) is 0 Å². The fourth-order valence-corrected chi connectivity index (χ4v) is 1.15. The van der Waals surface area contributed by atoms with Gasteiger partial charge in [0.25, 0.3) is 0 Å². The molecule has 0 saturated carbocycles. The second kappa shape index (κ2) is 10.7. The Kier molecular flexibility index (Phi) is 9.55. The van der Waals surface area contributed by atoms with Gasteiger partial charge in [-0.25, -0.2) is 0 Å². The van der Waals surface area contributed by atoms with Crippen LogP contribution in [0.5, 0.6) is 0 Å². The van der Waals surface area contributed by atoms with Crippen LogP contribution in [-0.2, 0) is 0 Å². The topological polar surface area (TPSA) is 0 Å². The highest BCUT2D eigenvalue weighted by molar-refractivity contribution is 5.45. The Morgan fingerprint density at radius 3 is 2.00 bits per heavy atom. The Hall–Kier alpha value is -1.82. The normalized spacial score (nSPS) is 8.29. The van der Waals surface area contributed by atoms with Crippen LogP contribution in [-0.4, -0.2) is 0 Å². The standard InChI is InChI=1S/C9H14.C8H8/c1-4-7-8-9(5-2)6-3;1-2-8-6-4-3-5-7-8/h5-6,8H,2-4,7H2,1H3;2-7H,1H2. The number of benzene rings is 1. The Morgan fingerprint density at radius 2 is 1.65 bits per heavy atom. The van der Waals surface area contributed by atoms with Crippen molar-refractivity contribution >= 4 is 6.08 Å². The monoisotopic (exact) mass is 226 g/mol. The van der Waals surface area contributed by atoms with E-state index in [-0.39, 0.29) is 0 Å². The van der Waals surface area contributed by atoms with Crippen molar-refractivity contribution in [2.75, 3.05) is 0 Å². The van der Waals surface area contributed by atoms with E-state index in [1.54, 1.807) is 0 Å². The third-order valence-corrected chi connectivity index (χ3v) is 2.18. The summed E-state index contributed by atoms with van der Waals surface area (Å²) >= 11 is 0. The quantitative estimate of drug-likeness (QED) is 0.588. The van der Waals surface area contributed by atoms with E-state index in [9.17, 15) is 0 Å². The van der Waals surface area contributed by atoms with Crippen molar-refractivity contribution in [3.63, 3.8) is 0 Å². The first-order valence-corrected chi connectivity index (χ1v) is 5.91. The van der Waals surface area contributed by atoms with Gasteiger partial charge in [0.1, 0.15) is 0 Å². The third kappa shape index (κ3) is 8.04. The molecule has 0 saturated heterocycles. The Labute approximate surface area is 106 Å². The van der Waals surface area contributed by atoms with Crippen molar-refractivity contribution in [3.8, 4) is 0 Å². The van der Waals surface area contributed by atoms with Gasteiger partial charge >= 0.3 is 0 Å². The van der Waals surface area contributed by atoms with Crippen molar-refractivity contribution in [1.29, 1.82) is 0 Å². The SMILES string of the molecule is C=CC(C=C)=CCCC.C=Cc1ccccc1. The summed E-state index contributed by atoms with van der Waals surface area (Å²) in [7, 11) is 0. The van der Waals surface area contributed by atoms with Gasteiger partial charge in [-0.15, -0.1) is 0 Å². The molecule has 90 valence electrons. The smallest absolute Gasteiger partial charge is 0.0263 e. The van der Waals surface area contributed by atoms with Gasteiger partial charge in [0.05, 0.1) is 0 Å². The zero-order valence-electron chi connectivity index (χ0n) is 10.7. The van der Waals surface area contributed by atoms with Gasteiger partial charge in [0.2, 0.25) is 0 Å². The summed E-state index contributed by atoms with van der Waals surface area (Å²) < 4.78 is 0. The maximum absolute atomic E-state index is 3.65. The van der Waals surface area contributed by atoms with Gasteiger partial charge in [0.15, 0.2) is 0 Å². The van der Waals surface area contributed by atoms with Crippen LogP contribution in [0.25, 0.3) is 6.08 Å². The van der Waals surface area contributed by atoms with Gasteiger partial charge < -0.3 is 0 Å². The molecule has 0 unspecified atom stereocenters. The van der Waals surface area contributed by atoms with Crippen LogP contribution in [0.1, 0.15) is 25.3 Å². The Balaban J connectivity index is 0.000000302. The van der Waals surface area contributed by atoms with Gasteiger partial charge in [-0.2, -0.15) is 0 Å². The maximum Gasteiger partial charge on any atom is -0.0263 e. The molecule has 0 fully saturated rings. The maximum atomic E-state index is 3.65. The number of rotatable bonds is 5. The minimum atomic E-state index is 1.12. The van der Waals surface area contributed by atoms with Gasteiger partial charge in [-0.3, -0.25) is 0 Å². The molecule has 1 rings (SSSR count). The molecule has 1 aromatic carbocycles. The molecule has 0 heteroatoms. The van der Waals surface area contributed by atoms with Crippen molar-refractivity contribution in [2.45, 2.75) is 19.8 Å². The van der Waals surface area contributed by atoms with Gasteiger partial charge in [-0.1, -0.05) is 87.7 Å². The molecule has 0 aromatic heterocycles. The first-order chi connectivity index (χ1) is 8.28. The van der Waals surface area contributed by atoms with E-state index in [0.29, 0.717) is 0 Å². The summed E-state index contributed by atoms with van der Waals surface area (Å²) in [5, 5.41) is 0. The van der Waals surface area contributed by atoms with Crippen LogP contribution in [0.15, 0.2) is 73.9 Å². The predicted octanol–water partition coefficient (Wildman–Crippen LogP) is 5.41. The lowest BCUT2D eigenvalue weighted by Crippen LogP contribution is -1.68.